The zero-order chi connectivity index (χ0) is 14.6. The van der Waals surface area contributed by atoms with Crippen LogP contribution in [0.2, 0.25) is 0 Å². The number of nitrogens with zero attached hydrogens (tertiary/aromatic N) is 1. The van der Waals surface area contributed by atoms with Gasteiger partial charge in [-0.3, -0.25) is 4.99 Å². The van der Waals surface area contributed by atoms with Crippen LogP contribution in [0.5, 0.6) is 0 Å². The van der Waals surface area contributed by atoms with E-state index in [4.69, 9.17) is 0 Å². The van der Waals surface area contributed by atoms with Crippen LogP contribution in [-0.4, -0.2) is 17.0 Å². The van der Waals surface area contributed by atoms with Crippen molar-refractivity contribution < 1.29 is 0 Å². The zero-order valence-electron chi connectivity index (χ0n) is 13.1. The summed E-state index contributed by atoms with van der Waals surface area (Å²) in [5.41, 5.74) is 3.20. The van der Waals surface area contributed by atoms with E-state index in [9.17, 15) is 0 Å². The predicted molar refractivity (Wildman–Crippen MR) is 90.4 cm³/mol. The molecule has 1 aliphatic rings. The number of amidine groups is 1. The summed E-state index contributed by atoms with van der Waals surface area (Å²) in [5.74, 6) is 0. The largest absolute Gasteiger partial charge is 0.361 e. The van der Waals surface area contributed by atoms with Gasteiger partial charge in [0.15, 0.2) is 5.17 Å². The Bertz CT molecular complexity index is 474. The SMILES string of the molecule is CCc1ccccc1CNC1=NCC(CC(C)(C)C)S1. The third-order valence-electron chi connectivity index (χ3n) is 3.49. The Morgan fingerprint density at radius 2 is 1.95 bits per heavy atom. The van der Waals surface area contributed by atoms with Crippen molar-refractivity contribution >= 4 is 16.9 Å². The number of aryl methyl sites for hydroxylation is 1. The van der Waals surface area contributed by atoms with Crippen LogP contribution in [-0.2, 0) is 13.0 Å². The lowest BCUT2D eigenvalue weighted by atomic mass is 9.90. The first kappa shape index (κ1) is 15.4. The van der Waals surface area contributed by atoms with Crippen LogP contribution in [0.3, 0.4) is 0 Å². The number of thioether (sulfide) groups is 1. The molecule has 2 nitrogen and oxygen atoms in total. The molecular weight excluding hydrogens is 264 g/mol. The van der Waals surface area contributed by atoms with Crippen molar-refractivity contribution in [1.29, 1.82) is 0 Å². The van der Waals surface area contributed by atoms with Crippen molar-refractivity contribution in [2.45, 2.75) is 52.3 Å². The lowest BCUT2D eigenvalue weighted by Gasteiger charge is -2.21. The standard InChI is InChI=1S/C17H26N2S/c1-5-13-8-6-7-9-14(13)11-18-16-19-12-15(20-16)10-17(2,3)4/h6-9,15H,5,10-12H2,1-4H3,(H,18,19). The third-order valence-corrected chi connectivity index (χ3v) is 4.63. The van der Waals surface area contributed by atoms with Crippen LogP contribution in [0, 0.1) is 5.41 Å². The van der Waals surface area contributed by atoms with Gasteiger partial charge in [-0.05, 0) is 29.4 Å². The smallest absolute Gasteiger partial charge is 0.157 e. The zero-order valence-corrected chi connectivity index (χ0v) is 13.9. The summed E-state index contributed by atoms with van der Waals surface area (Å²) in [6, 6.07) is 8.65. The monoisotopic (exact) mass is 290 g/mol. The fourth-order valence-corrected chi connectivity index (χ4v) is 3.90. The first-order valence-electron chi connectivity index (χ1n) is 7.49. The highest BCUT2D eigenvalue weighted by Gasteiger charge is 2.24. The highest BCUT2D eigenvalue weighted by Crippen LogP contribution is 2.31. The molecule has 1 aromatic rings. The maximum absolute atomic E-state index is 4.64. The van der Waals surface area contributed by atoms with Crippen molar-refractivity contribution in [3.05, 3.63) is 35.4 Å². The quantitative estimate of drug-likeness (QED) is 0.896. The Balaban J connectivity index is 1.84. The van der Waals surface area contributed by atoms with Gasteiger partial charge in [0, 0.05) is 11.8 Å². The van der Waals surface area contributed by atoms with Gasteiger partial charge >= 0.3 is 0 Å². The van der Waals surface area contributed by atoms with Gasteiger partial charge in [0.25, 0.3) is 0 Å². The lowest BCUT2D eigenvalue weighted by Crippen LogP contribution is -2.21. The normalized spacial score (nSPS) is 19.0. The van der Waals surface area contributed by atoms with E-state index < -0.39 is 0 Å². The van der Waals surface area contributed by atoms with Crippen molar-refractivity contribution in [1.82, 2.24) is 5.32 Å². The molecule has 1 unspecified atom stereocenters. The predicted octanol–water partition coefficient (Wildman–Crippen LogP) is 4.25. The molecule has 20 heavy (non-hydrogen) atoms. The minimum atomic E-state index is 0.386. The Hall–Kier alpha value is -0.960. The van der Waals surface area contributed by atoms with Gasteiger partial charge in [-0.1, -0.05) is 63.7 Å². The van der Waals surface area contributed by atoms with Gasteiger partial charge in [-0.25, -0.2) is 0 Å². The average Bonchev–Trinajstić information content (AvgIpc) is 2.82. The van der Waals surface area contributed by atoms with Crippen LogP contribution in [0.1, 0.15) is 45.2 Å². The first-order valence-corrected chi connectivity index (χ1v) is 8.37. The fourth-order valence-electron chi connectivity index (χ4n) is 2.55. The molecule has 0 radical (unpaired) electrons. The molecule has 1 N–H and O–H groups in total. The molecule has 1 aliphatic heterocycles. The second-order valence-electron chi connectivity index (χ2n) is 6.63. The molecule has 0 saturated heterocycles. The topological polar surface area (TPSA) is 24.4 Å². The molecule has 1 heterocycles. The number of benzene rings is 1. The molecule has 1 aromatic carbocycles. The van der Waals surface area contributed by atoms with Gasteiger partial charge < -0.3 is 5.32 Å². The van der Waals surface area contributed by atoms with E-state index in [1.807, 2.05) is 11.8 Å². The van der Waals surface area contributed by atoms with Crippen LogP contribution in [0.15, 0.2) is 29.3 Å². The van der Waals surface area contributed by atoms with Crippen molar-refractivity contribution in [2.75, 3.05) is 6.54 Å². The number of hydrogen-bond donors (Lipinski definition) is 1. The summed E-state index contributed by atoms with van der Waals surface area (Å²) >= 11 is 1.91. The molecule has 3 heteroatoms. The van der Waals surface area contributed by atoms with Crippen molar-refractivity contribution in [3.8, 4) is 0 Å². The van der Waals surface area contributed by atoms with Crippen molar-refractivity contribution in [2.24, 2.45) is 10.4 Å². The second-order valence-corrected chi connectivity index (χ2v) is 7.92. The van der Waals surface area contributed by atoms with Gasteiger partial charge in [-0.2, -0.15) is 0 Å². The lowest BCUT2D eigenvalue weighted by molar-refractivity contribution is 0.375. The Kier molecular flexibility index (Phi) is 5.14. The molecule has 110 valence electrons. The molecule has 0 fully saturated rings. The summed E-state index contributed by atoms with van der Waals surface area (Å²) in [4.78, 5) is 4.64. The van der Waals surface area contributed by atoms with Gasteiger partial charge in [-0.15, -0.1) is 0 Å². The molecule has 0 amide bonds. The average molecular weight is 290 g/mol. The molecule has 1 atom stereocenters. The Morgan fingerprint density at radius 3 is 2.60 bits per heavy atom. The van der Waals surface area contributed by atoms with E-state index in [2.05, 4.69) is 62.3 Å². The summed E-state index contributed by atoms with van der Waals surface area (Å²) in [6.07, 6.45) is 2.31. The third kappa shape index (κ3) is 4.55. The summed E-state index contributed by atoms with van der Waals surface area (Å²) in [5, 5.41) is 5.26. The molecule has 0 bridgehead atoms. The van der Waals surface area contributed by atoms with E-state index in [0.29, 0.717) is 10.7 Å². The molecule has 0 aromatic heterocycles. The van der Waals surface area contributed by atoms with E-state index in [-0.39, 0.29) is 0 Å². The number of nitrogens with one attached hydrogen (secondary N) is 1. The Labute approximate surface area is 127 Å². The number of rotatable bonds is 4. The number of aliphatic imine (C=N–C) groups is 1. The van der Waals surface area contributed by atoms with Gasteiger partial charge in [0.05, 0.1) is 6.54 Å². The van der Waals surface area contributed by atoms with Crippen LogP contribution in [0.4, 0.5) is 0 Å². The van der Waals surface area contributed by atoms with E-state index >= 15 is 0 Å². The van der Waals surface area contributed by atoms with E-state index in [0.717, 1.165) is 24.7 Å². The maximum Gasteiger partial charge on any atom is 0.157 e. The second kappa shape index (κ2) is 6.66. The Morgan fingerprint density at radius 1 is 1.25 bits per heavy atom. The molecular formula is C17H26N2S. The van der Waals surface area contributed by atoms with E-state index in [1.54, 1.807) is 0 Å². The van der Waals surface area contributed by atoms with Crippen LogP contribution >= 0.6 is 11.8 Å². The molecule has 0 saturated carbocycles. The molecule has 2 rings (SSSR count). The highest BCUT2D eigenvalue weighted by atomic mass is 32.2. The van der Waals surface area contributed by atoms with E-state index in [1.165, 1.54) is 17.5 Å². The fraction of sp³-hybridized carbons (Fsp3) is 0.588. The van der Waals surface area contributed by atoms with Crippen LogP contribution < -0.4 is 5.32 Å². The first-order chi connectivity index (χ1) is 9.48. The summed E-state index contributed by atoms with van der Waals surface area (Å²) < 4.78 is 0. The van der Waals surface area contributed by atoms with Crippen molar-refractivity contribution in [3.63, 3.8) is 0 Å². The maximum atomic E-state index is 4.64. The highest BCUT2D eigenvalue weighted by molar-refractivity contribution is 8.14. The summed E-state index contributed by atoms with van der Waals surface area (Å²) in [7, 11) is 0. The van der Waals surface area contributed by atoms with Gasteiger partial charge in [0.2, 0.25) is 0 Å². The molecule has 0 spiro atoms. The summed E-state index contributed by atoms with van der Waals surface area (Å²) in [6.45, 7) is 11.0. The minimum Gasteiger partial charge on any atom is -0.361 e. The minimum absolute atomic E-state index is 0.386. The number of hydrogen-bond acceptors (Lipinski definition) is 3. The van der Waals surface area contributed by atoms with Crippen LogP contribution in [0.25, 0.3) is 0 Å². The molecule has 0 aliphatic carbocycles. The van der Waals surface area contributed by atoms with Gasteiger partial charge in [0.1, 0.15) is 0 Å².